The SMILES string of the molecule is CNCC1CCCN(S(=O)(=O)c2ccc(-n3cc(C)cn3)c(F)c2)C1.Cl. The number of aryl methyl sites for hydroxylation is 1. The molecule has 1 atom stereocenters. The summed E-state index contributed by atoms with van der Waals surface area (Å²) in [7, 11) is -1.83. The maximum absolute atomic E-state index is 14.5. The quantitative estimate of drug-likeness (QED) is 0.833. The first-order chi connectivity index (χ1) is 11.9. The molecule has 2 heterocycles. The first-order valence-corrected chi connectivity index (χ1v) is 9.82. The third-order valence-electron chi connectivity index (χ3n) is 4.49. The topological polar surface area (TPSA) is 67.2 Å². The van der Waals surface area contributed by atoms with Gasteiger partial charge in [-0.05, 0) is 63.0 Å². The highest BCUT2D eigenvalue weighted by molar-refractivity contribution is 7.89. The zero-order chi connectivity index (χ0) is 18.0. The molecule has 0 spiro atoms. The van der Waals surface area contributed by atoms with Gasteiger partial charge in [0, 0.05) is 19.3 Å². The molecule has 0 radical (unpaired) electrons. The van der Waals surface area contributed by atoms with Crippen molar-refractivity contribution in [3.8, 4) is 5.69 Å². The standard InChI is InChI=1S/C17H23FN4O2S.ClH/c1-13-9-20-22(11-13)17-6-5-15(8-16(17)18)25(23,24)21-7-3-4-14(12-21)10-19-2;/h5-6,8-9,11,14,19H,3-4,7,10,12H2,1-2H3;1H. The van der Waals surface area contributed by atoms with Crippen LogP contribution < -0.4 is 5.32 Å². The van der Waals surface area contributed by atoms with Crippen LogP contribution in [0.5, 0.6) is 0 Å². The molecule has 0 aliphatic carbocycles. The normalized spacial score (nSPS) is 18.5. The van der Waals surface area contributed by atoms with Gasteiger partial charge in [0.1, 0.15) is 11.5 Å². The summed E-state index contributed by atoms with van der Waals surface area (Å²) in [6, 6.07) is 4.00. The monoisotopic (exact) mass is 402 g/mol. The van der Waals surface area contributed by atoms with E-state index in [1.807, 2.05) is 14.0 Å². The predicted molar refractivity (Wildman–Crippen MR) is 101 cm³/mol. The zero-order valence-corrected chi connectivity index (χ0v) is 16.5. The molecule has 9 heteroatoms. The zero-order valence-electron chi connectivity index (χ0n) is 14.9. The van der Waals surface area contributed by atoms with Crippen molar-refractivity contribution < 1.29 is 12.8 Å². The fourth-order valence-corrected chi connectivity index (χ4v) is 4.80. The molecule has 0 saturated carbocycles. The fourth-order valence-electron chi connectivity index (χ4n) is 3.23. The summed E-state index contributed by atoms with van der Waals surface area (Å²) in [6.45, 7) is 3.57. The summed E-state index contributed by atoms with van der Waals surface area (Å²) >= 11 is 0. The van der Waals surface area contributed by atoms with Crippen molar-refractivity contribution in [2.75, 3.05) is 26.7 Å². The average Bonchev–Trinajstić information content (AvgIpc) is 3.01. The van der Waals surface area contributed by atoms with Gasteiger partial charge in [-0.3, -0.25) is 0 Å². The van der Waals surface area contributed by atoms with Crippen LogP contribution in [0, 0.1) is 18.7 Å². The number of aromatic nitrogens is 2. The summed E-state index contributed by atoms with van der Waals surface area (Å²) in [5.41, 5.74) is 1.14. The molecule has 1 unspecified atom stereocenters. The number of sulfonamides is 1. The largest absolute Gasteiger partial charge is 0.319 e. The highest BCUT2D eigenvalue weighted by Crippen LogP contribution is 2.25. The first-order valence-electron chi connectivity index (χ1n) is 8.38. The van der Waals surface area contributed by atoms with Crippen molar-refractivity contribution in [2.24, 2.45) is 5.92 Å². The summed E-state index contributed by atoms with van der Waals surface area (Å²) in [4.78, 5) is -0.0114. The van der Waals surface area contributed by atoms with Crippen LogP contribution in [0.15, 0.2) is 35.5 Å². The van der Waals surface area contributed by atoms with E-state index in [4.69, 9.17) is 0 Å². The second kappa shape index (κ2) is 8.47. The summed E-state index contributed by atoms with van der Waals surface area (Å²) in [5, 5.41) is 7.16. The third-order valence-corrected chi connectivity index (χ3v) is 6.35. The van der Waals surface area contributed by atoms with Gasteiger partial charge < -0.3 is 5.32 Å². The Labute approximate surface area is 159 Å². The average molecular weight is 403 g/mol. The van der Waals surface area contributed by atoms with Crippen molar-refractivity contribution in [1.29, 1.82) is 0 Å². The van der Waals surface area contributed by atoms with E-state index in [0.29, 0.717) is 13.1 Å². The molecule has 144 valence electrons. The van der Waals surface area contributed by atoms with Gasteiger partial charge in [0.05, 0.1) is 11.1 Å². The smallest absolute Gasteiger partial charge is 0.243 e. The minimum Gasteiger partial charge on any atom is -0.319 e. The van der Waals surface area contributed by atoms with Gasteiger partial charge in [0.2, 0.25) is 10.0 Å². The van der Waals surface area contributed by atoms with Crippen molar-refractivity contribution in [3.63, 3.8) is 0 Å². The Kier molecular flexibility index (Phi) is 6.79. The number of hydrogen-bond donors (Lipinski definition) is 1. The lowest BCUT2D eigenvalue weighted by molar-refractivity contribution is 0.263. The van der Waals surface area contributed by atoms with Crippen LogP contribution >= 0.6 is 12.4 Å². The third kappa shape index (κ3) is 4.25. The van der Waals surface area contributed by atoms with Gasteiger partial charge in [-0.15, -0.1) is 12.4 Å². The highest BCUT2D eigenvalue weighted by Gasteiger charge is 2.30. The lowest BCUT2D eigenvalue weighted by Crippen LogP contribution is -2.42. The van der Waals surface area contributed by atoms with Crippen LogP contribution in [-0.2, 0) is 10.0 Å². The lowest BCUT2D eigenvalue weighted by atomic mass is 10.00. The van der Waals surface area contributed by atoms with Crippen LogP contribution in [0.3, 0.4) is 0 Å². The van der Waals surface area contributed by atoms with E-state index in [1.165, 1.54) is 21.1 Å². The maximum atomic E-state index is 14.5. The number of halogens is 2. The molecule has 1 aliphatic heterocycles. The number of rotatable bonds is 5. The molecule has 1 aliphatic rings. The van der Waals surface area contributed by atoms with E-state index in [9.17, 15) is 12.8 Å². The Bertz CT molecular complexity index is 854. The Balaban J connectivity index is 0.00000243. The first kappa shape index (κ1) is 20.8. The second-order valence-corrected chi connectivity index (χ2v) is 8.44. The molecule has 3 rings (SSSR count). The predicted octanol–water partition coefficient (Wildman–Crippen LogP) is 2.36. The fraction of sp³-hybridized carbons (Fsp3) is 0.471. The van der Waals surface area contributed by atoms with Gasteiger partial charge in [0.15, 0.2) is 0 Å². The van der Waals surface area contributed by atoms with Crippen molar-refractivity contribution >= 4 is 22.4 Å². The Morgan fingerprint density at radius 3 is 2.77 bits per heavy atom. The van der Waals surface area contributed by atoms with E-state index in [-0.39, 0.29) is 28.9 Å². The Hall–Kier alpha value is -1.48. The minimum absolute atomic E-state index is 0. The molecule has 2 aromatic rings. The van der Waals surface area contributed by atoms with Crippen molar-refractivity contribution in [3.05, 3.63) is 42.0 Å². The van der Waals surface area contributed by atoms with E-state index in [2.05, 4.69) is 10.4 Å². The molecule has 1 fully saturated rings. The van der Waals surface area contributed by atoms with Gasteiger partial charge in [-0.1, -0.05) is 0 Å². The second-order valence-electron chi connectivity index (χ2n) is 6.50. The van der Waals surface area contributed by atoms with Crippen LogP contribution in [-0.4, -0.2) is 49.2 Å². The number of hydrogen-bond acceptors (Lipinski definition) is 4. The van der Waals surface area contributed by atoms with Crippen LogP contribution in [0.4, 0.5) is 4.39 Å². The van der Waals surface area contributed by atoms with Crippen LogP contribution in [0.25, 0.3) is 5.69 Å². The van der Waals surface area contributed by atoms with Crippen molar-refractivity contribution in [2.45, 2.75) is 24.7 Å². The summed E-state index contributed by atoms with van der Waals surface area (Å²) < 4.78 is 43.1. The van der Waals surface area contributed by atoms with Gasteiger partial charge in [-0.25, -0.2) is 17.5 Å². The van der Waals surface area contributed by atoms with Crippen LogP contribution in [0.1, 0.15) is 18.4 Å². The minimum atomic E-state index is -3.69. The number of benzene rings is 1. The van der Waals surface area contributed by atoms with Gasteiger partial charge in [-0.2, -0.15) is 9.40 Å². The Morgan fingerprint density at radius 1 is 1.38 bits per heavy atom. The molecule has 0 amide bonds. The number of nitrogens with one attached hydrogen (secondary N) is 1. The number of piperidine rings is 1. The number of nitrogens with zero attached hydrogens (tertiary/aromatic N) is 3. The van der Waals surface area contributed by atoms with E-state index in [1.54, 1.807) is 12.4 Å². The molecule has 26 heavy (non-hydrogen) atoms. The lowest BCUT2D eigenvalue weighted by Gasteiger charge is -2.31. The molecule has 1 aromatic carbocycles. The highest BCUT2D eigenvalue weighted by atomic mass is 35.5. The molecule has 6 nitrogen and oxygen atoms in total. The Morgan fingerprint density at radius 2 is 2.15 bits per heavy atom. The molecular weight excluding hydrogens is 379 g/mol. The van der Waals surface area contributed by atoms with E-state index in [0.717, 1.165) is 31.0 Å². The van der Waals surface area contributed by atoms with E-state index < -0.39 is 15.8 Å². The van der Waals surface area contributed by atoms with Gasteiger partial charge in [0.25, 0.3) is 0 Å². The van der Waals surface area contributed by atoms with Crippen molar-refractivity contribution in [1.82, 2.24) is 19.4 Å². The molecule has 1 aromatic heterocycles. The molecule has 0 bridgehead atoms. The molecule has 1 saturated heterocycles. The molecular formula is C17H24ClFN4O2S. The summed E-state index contributed by atoms with van der Waals surface area (Å²) in [6.07, 6.45) is 5.14. The maximum Gasteiger partial charge on any atom is 0.243 e. The summed E-state index contributed by atoms with van der Waals surface area (Å²) in [5.74, 6) is -0.322. The van der Waals surface area contributed by atoms with E-state index >= 15 is 0 Å². The molecule has 1 N–H and O–H groups in total. The van der Waals surface area contributed by atoms with Crippen LogP contribution in [0.2, 0.25) is 0 Å². The van der Waals surface area contributed by atoms with Gasteiger partial charge >= 0.3 is 0 Å².